The first-order valence-electron chi connectivity index (χ1n) is 8.26. The fraction of sp³-hybridized carbons (Fsp3) is 0.250. The van der Waals surface area contributed by atoms with E-state index in [9.17, 15) is 14.9 Å². The maximum Gasteiger partial charge on any atom is 0.333 e. The first-order valence-corrected chi connectivity index (χ1v) is 8.26. The van der Waals surface area contributed by atoms with Crippen molar-refractivity contribution in [3.05, 3.63) is 88.0 Å². The maximum absolute atomic E-state index is 11.8. The van der Waals surface area contributed by atoms with E-state index in [4.69, 9.17) is 9.47 Å². The summed E-state index contributed by atoms with van der Waals surface area (Å²) in [5.74, 6) is -0.438. The summed E-state index contributed by atoms with van der Waals surface area (Å²) in [4.78, 5) is 22.1. The Kier molecular flexibility index (Phi) is 7.05. The summed E-state index contributed by atoms with van der Waals surface area (Å²) in [6.07, 6.45) is -0.0705. The Morgan fingerprint density at radius 3 is 2.38 bits per heavy atom. The number of non-ortho nitro benzene ring substituents is 1. The number of hydrogen-bond acceptors (Lipinski definition) is 5. The van der Waals surface area contributed by atoms with Gasteiger partial charge < -0.3 is 9.47 Å². The summed E-state index contributed by atoms with van der Waals surface area (Å²) >= 11 is 0. The standard InChI is InChI=1S/C20H21NO5/c1-3-25-20(22)15(2)13-19(17-7-5-4-6-8-17)26-14-16-9-11-18(12-10-16)21(23)24/h4-12,19H,2-3,13-14H2,1H3. The van der Waals surface area contributed by atoms with E-state index in [0.717, 1.165) is 11.1 Å². The molecule has 6 nitrogen and oxygen atoms in total. The Bertz CT molecular complexity index is 756. The molecule has 0 radical (unpaired) electrons. The highest BCUT2D eigenvalue weighted by Gasteiger charge is 2.18. The number of ether oxygens (including phenoxy) is 2. The monoisotopic (exact) mass is 355 g/mol. The van der Waals surface area contributed by atoms with E-state index < -0.39 is 10.9 Å². The van der Waals surface area contributed by atoms with Gasteiger partial charge in [0.15, 0.2) is 0 Å². The number of nitro benzene ring substituents is 1. The summed E-state index contributed by atoms with van der Waals surface area (Å²) in [6.45, 7) is 6.08. The van der Waals surface area contributed by atoms with Crippen molar-refractivity contribution in [2.75, 3.05) is 6.61 Å². The lowest BCUT2D eigenvalue weighted by Crippen LogP contribution is -2.12. The van der Waals surface area contributed by atoms with Gasteiger partial charge in [-0.15, -0.1) is 0 Å². The van der Waals surface area contributed by atoms with Crippen molar-refractivity contribution >= 4 is 11.7 Å². The molecule has 2 rings (SSSR count). The second kappa shape index (κ2) is 9.48. The molecule has 1 unspecified atom stereocenters. The van der Waals surface area contributed by atoms with Crippen LogP contribution in [0.4, 0.5) is 5.69 Å². The van der Waals surface area contributed by atoms with Crippen LogP contribution in [-0.4, -0.2) is 17.5 Å². The molecule has 0 N–H and O–H groups in total. The van der Waals surface area contributed by atoms with Gasteiger partial charge in [0.2, 0.25) is 0 Å². The Morgan fingerprint density at radius 2 is 1.81 bits per heavy atom. The lowest BCUT2D eigenvalue weighted by molar-refractivity contribution is -0.384. The smallest absolute Gasteiger partial charge is 0.333 e. The van der Waals surface area contributed by atoms with Gasteiger partial charge in [-0.1, -0.05) is 36.9 Å². The number of carbonyl (C=O) groups excluding carboxylic acids is 1. The number of hydrogen-bond donors (Lipinski definition) is 0. The molecule has 1 atom stereocenters. The summed E-state index contributed by atoms with van der Waals surface area (Å²) in [5.41, 5.74) is 2.09. The first kappa shape index (κ1) is 19.3. The molecule has 2 aromatic carbocycles. The zero-order valence-electron chi connectivity index (χ0n) is 14.6. The van der Waals surface area contributed by atoms with E-state index >= 15 is 0 Å². The molecular formula is C20H21NO5. The van der Waals surface area contributed by atoms with Crippen LogP contribution in [0.1, 0.15) is 30.6 Å². The third-order valence-electron chi connectivity index (χ3n) is 3.77. The van der Waals surface area contributed by atoms with Gasteiger partial charge >= 0.3 is 5.97 Å². The SMILES string of the molecule is C=C(CC(OCc1ccc([N+](=O)[O-])cc1)c1ccccc1)C(=O)OCC. The first-order chi connectivity index (χ1) is 12.5. The zero-order chi connectivity index (χ0) is 18.9. The summed E-state index contributed by atoms with van der Waals surface area (Å²) in [7, 11) is 0. The van der Waals surface area contributed by atoms with E-state index in [1.165, 1.54) is 12.1 Å². The molecule has 0 saturated heterocycles. The lowest BCUT2D eigenvalue weighted by Gasteiger charge is -2.19. The molecular weight excluding hydrogens is 334 g/mol. The summed E-state index contributed by atoms with van der Waals surface area (Å²) < 4.78 is 11.0. The van der Waals surface area contributed by atoms with Crippen LogP contribution in [0.3, 0.4) is 0 Å². The molecule has 0 heterocycles. The fourth-order valence-electron chi connectivity index (χ4n) is 2.39. The second-order valence-corrected chi connectivity index (χ2v) is 5.66. The maximum atomic E-state index is 11.8. The molecule has 136 valence electrons. The minimum atomic E-state index is -0.444. The Morgan fingerprint density at radius 1 is 1.15 bits per heavy atom. The van der Waals surface area contributed by atoms with Crippen molar-refractivity contribution in [1.82, 2.24) is 0 Å². The Balaban J connectivity index is 2.08. The van der Waals surface area contributed by atoms with Crippen LogP contribution < -0.4 is 0 Å². The van der Waals surface area contributed by atoms with Gasteiger partial charge in [-0.05, 0) is 30.2 Å². The average molecular weight is 355 g/mol. The molecule has 0 aliphatic heterocycles. The molecule has 0 spiro atoms. The predicted molar refractivity (Wildman–Crippen MR) is 97.5 cm³/mol. The third kappa shape index (κ3) is 5.53. The predicted octanol–water partition coefficient (Wildman–Crippen LogP) is 4.36. The van der Waals surface area contributed by atoms with Gasteiger partial charge in [0.05, 0.1) is 24.2 Å². The molecule has 0 saturated carbocycles. The zero-order valence-corrected chi connectivity index (χ0v) is 14.6. The number of nitrogens with zero attached hydrogens (tertiary/aromatic N) is 1. The molecule has 0 amide bonds. The molecule has 6 heteroatoms. The van der Waals surface area contributed by atoms with Crippen LogP contribution >= 0.6 is 0 Å². The second-order valence-electron chi connectivity index (χ2n) is 5.66. The minimum Gasteiger partial charge on any atom is -0.463 e. The van der Waals surface area contributed by atoms with Crippen LogP contribution in [0.5, 0.6) is 0 Å². The van der Waals surface area contributed by atoms with E-state index in [2.05, 4.69) is 6.58 Å². The van der Waals surface area contributed by atoms with Gasteiger partial charge in [0.1, 0.15) is 0 Å². The quantitative estimate of drug-likeness (QED) is 0.289. The number of rotatable bonds is 9. The van der Waals surface area contributed by atoms with Gasteiger partial charge in [0.25, 0.3) is 5.69 Å². The summed E-state index contributed by atoms with van der Waals surface area (Å²) in [6, 6.07) is 15.7. The van der Waals surface area contributed by atoms with Crippen molar-refractivity contribution in [3.63, 3.8) is 0 Å². The Labute approximate surface area is 152 Å². The van der Waals surface area contributed by atoms with Crippen LogP contribution in [0, 0.1) is 10.1 Å². The van der Waals surface area contributed by atoms with Crippen LogP contribution in [0.25, 0.3) is 0 Å². The highest BCUT2D eigenvalue weighted by molar-refractivity contribution is 5.87. The fourth-order valence-corrected chi connectivity index (χ4v) is 2.39. The van der Waals surface area contributed by atoms with Gasteiger partial charge in [-0.2, -0.15) is 0 Å². The largest absolute Gasteiger partial charge is 0.463 e. The average Bonchev–Trinajstić information content (AvgIpc) is 2.66. The van der Waals surface area contributed by atoms with Gasteiger partial charge in [-0.3, -0.25) is 10.1 Å². The molecule has 2 aromatic rings. The van der Waals surface area contributed by atoms with E-state index in [0.29, 0.717) is 12.0 Å². The van der Waals surface area contributed by atoms with E-state index in [-0.39, 0.29) is 25.0 Å². The van der Waals surface area contributed by atoms with Crippen molar-refractivity contribution in [2.45, 2.75) is 26.1 Å². The number of carbonyl (C=O) groups is 1. The van der Waals surface area contributed by atoms with Gasteiger partial charge in [0, 0.05) is 24.1 Å². The third-order valence-corrected chi connectivity index (χ3v) is 3.77. The van der Waals surface area contributed by atoms with Crippen molar-refractivity contribution < 1.29 is 19.2 Å². The van der Waals surface area contributed by atoms with Crippen LogP contribution in [0.15, 0.2) is 66.7 Å². The van der Waals surface area contributed by atoms with Crippen molar-refractivity contribution in [3.8, 4) is 0 Å². The van der Waals surface area contributed by atoms with Crippen LogP contribution in [-0.2, 0) is 20.9 Å². The molecule has 26 heavy (non-hydrogen) atoms. The van der Waals surface area contributed by atoms with Gasteiger partial charge in [-0.25, -0.2) is 4.79 Å². The highest BCUT2D eigenvalue weighted by Crippen LogP contribution is 2.26. The minimum absolute atomic E-state index is 0.0315. The summed E-state index contributed by atoms with van der Waals surface area (Å²) in [5, 5.41) is 10.7. The number of benzene rings is 2. The normalized spacial score (nSPS) is 11.6. The van der Waals surface area contributed by atoms with Crippen LogP contribution in [0.2, 0.25) is 0 Å². The molecule has 0 bridgehead atoms. The molecule has 0 aliphatic rings. The van der Waals surface area contributed by atoms with Crippen molar-refractivity contribution in [1.29, 1.82) is 0 Å². The lowest BCUT2D eigenvalue weighted by atomic mass is 10.0. The number of esters is 1. The van der Waals surface area contributed by atoms with E-state index in [1.807, 2.05) is 30.3 Å². The Hall–Kier alpha value is -2.99. The van der Waals surface area contributed by atoms with E-state index in [1.54, 1.807) is 19.1 Å². The topological polar surface area (TPSA) is 78.7 Å². The number of nitro groups is 1. The molecule has 0 aliphatic carbocycles. The molecule has 0 aromatic heterocycles. The molecule has 0 fully saturated rings. The highest BCUT2D eigenvalue weighted by atomic mass is 16.6. The van der Waals surface area contributed by atoms with Crippen molar-refractivity contribution in [2.24, 2.45) is 0 Å².